The van der Waals surface area contributed by atoms with Crippen LogP contribution in [0.25, 0.3) is 6.08 Å². The Morgan fingerprint density at radius 3 is 2.77 bits per heavy atom. The fourth-order valence-electron chi connectivity index (χ4n) is 2.55. The lowest BCUT2D eigenvalue weighted by atomic mass is 10.1. The molecule has 0 radical (unpaired) electrons. The number of carbonyl (C=O) groups is 1. The van der Waals surface area contributed by atoms with Crippen LogP contribution < -0.4 is 14.8 Å². The van der Waals surface area contributed by atoms with E-state index < -0.39 is 4.92 Å². The second kappa shape index (κ2) is 8.15. The third-order valence-corrected chi connectivity index (χ3v) is 3.83. The van der Waals surface area contributed by atoms with Gasteiger partial charge >= 0.3 is 0 Å². The second-order valence-electron chi connectivity index (χ2n) is 5.70. The number of hydrogen-bond acceptors (Lipinski definition) is 5. The van der Waals surface area contributed by atoms with Gasteiger partial charge in [-0.1, -0.05) is 18.2 Å². The Morgan fingerprint density at radius 1 is 1.15 bits per heavy atom. The van der Waals surface area contributed by atoms with Gasteiger partial charge in [-0.25, -0.2) is 0 Å². The zero-order valence-corrected chi connectivity index (χ0v) is 14.0. The Bertz CT molecular complexity index is 848. The fourth-order valence-corrected chi connectivity index (χ4v) is 2.55. The number of nitrogens with one attached hydrogen (secondary N) is 1. The highest BCUT2D eigenvalue weighted by Crippen LogP contribution is 2.30. The Morgan fingerprint density at radius 2 is 1.96 bits per heavy atom. The molecule has 0 aliphatic carbocycles. The Labute approximate surface area is 150 Å². The standard InChI is InChI=1S/C19H18N2O5/c22-19(7-5-14-2-1-3-16(12-14)21(23)24)20-9-8-15-4-6-17-18(13-15)26-11-10-25-17/h1-7,12-13H,8-11H2,(H,20,22). The van der Waals surface area contributed by atoms with Crippen molar-refractivity contribution in [2.45, 2.75) is 6.42 Å². The molecule has 1 aliphatic rings. The van der Waals surface area contributed by atoms with Gasteiger partial charge in [0.2, 0.25) is 5.91 Å². The third-order valence-electron chi connectivity index (χ3n) is 3.83. The number of fused-ring (bicyclic) bond motifs is 1. The van der Waals surface area contributed by atoms with E-state index in [9.17, 15) is 14.9 Å². The summed E-state index contributed by atoms with van der Waals surface area (Å²) in [5.41, 5.74) is 1.63. The molecule has 7 nitrogen and oxygen atoms in total. The molecule has 0 saturated heterocycles. The minimum Gasteiger partial charge on any atom is -0.486 e. The number of carbonyl (C=O) groups excluding carboxylic acids is 1. The van der Waals surface area contributed by atoms with Crippen LogP contribution in [0, 0.1) is 10.1 Å². The summed E-state index contributed by atoms with van der Waals surface area (Å²) in [6.07, 6.45) is 3.57. The molecule has 2 aromatic carbocycles. The molecule has 1 N–H and O–H groups in total. The van der Waals surface area contributed by atoms with Gasteiger partial charge in [0.15, 0.2) is 11.5 Å². The van der Waals surface area contributed by atoms with E-state index in [4.69, 9.17) is 9.47 Å². The van der Waals surface area contributed by atoms with E-state index in [2.05, 4.69) is 5.32 Å². The minimum atomic E-state index is -0.468. The number of nitro groups is 1. The predicted molar refractivity (Wildman–Crippen MR) is 96.3 cm³/mol. The van der Waals surface area contributed by atoms with Crippen LogP contribution in [0.3, 0.4) is 0 Å². The Hall–Kier alpha value is -3.35. The Balaban J connectivity index is 1.50. The number of benzene rings is 2. The molecule has 0 bridgehead atoms. The smallest absolute Gasteiger partial charge is 0.270 e. The first-order valence-corrected chi connectivity index (χ1v) is 8.21. The van der Waals surface area contributed by atoms with Gasteiger partial charge in [0.25, 0.3) is 5.69 Å². The molecule has 1 aliphatic heterocycles. The summed E-state index contributed by atoms with van der Waals surface area (Å²) in [4.78, 5) is 22.2. The first-order chi connectivity index (χ1) is 12.6. The van der Waals surface area contributed by atoms with E-state index in [0.29, 0.717) is 31.7 Å². The van der Waals surface area contributed by atoms with Gasteiger partial charge in [-0.2, -0.15) is 0 Å². The monoisotopic (exact) mass is 354 g/mol. The van der Waals surface area contributed by atoms with Crippen LogP contribution in [-0.4, -0.2) is 30.6 Å². The lowest BCUT2D eigenvalue weighted by Gasteiger charge is -2.18. The largest absolute Gasteiger partial charge is 0.486 e. The van der Waals surface area contributed by atoms with Crippen LogP contribution in [0.15, 0.2) is 48.5 Å². The quantitative estimate of drug-likeness (QED) is 0.489. The highest BCUT2D eigenvalue weighted by molar-refractivity contribution is 5.91. The number of amides is 1. The number of nitrogens with zero attached hydrogens (tertiary/aromatic N) is 1. The SMILES string of the molecule is O=C(C=Cc1cccc([N+](=O)[O-])c1)NCCc1ccc2c(c1)OCCO2. The van der Waals surface area contributed by atoms with Crippen molar-refractivity contribution in [2.24, 2.45) is 0 Å². The normalized spacial score (nSPS) is 12.8. The fraction of sp³-hybridized carbons (Fsp3) is 0.211. The van der Waals surface area contributed by atoms with Crippen LogP contribution in [0.2, 0.25) is 0 Å². The molecule has 26 heavy (non-hydrogen) atoms. The molecule has 0 atom stereocenters. The van der Waals surface area contributed by atoms with E-state index >= 15 is 0 Å². The lowest BCUT2D eigenvalue weighted by Crippen LogP contribution is -2.23. The average molecular weight is 354 g/mol. The van der Waals surface area contributed by atoms with Gasteiger partial charge in [-0.15, -0.1) is 0 Å². The molecule has 0 saturated carbocycles. The molecule has 7 heteroatoms. The predicted octanol–water partition coefficient (Wildman–Crippen LogP) is 2.74. The molecule has 134 valence electrons. The first kappa shape index (κ1) is 17.5. The van der Waals surface area contributed by atoms with Crippen LogP contribution >= 0.6 is 0 Å². The molecule has 3 rings (SSSR count). The topological polar surface area (TPSA) is 90.7 Å². The summed E-state index contributed by atoms with van der Waals surface area (Å²) >= 11 is 0. The van der Waals surface area contributed by atoms with Crippen molar-refractivity contribution < 1.29 is 19.2 Å². The van der Waals surface area contributed by atoms with Crippen LogP contribution in [0.1, 0.15) is 11.1 Å². The second-order valence-corrected chi connectivity index (χ2v) is 5.70. The molecule has 0 unspecified atom stereocenters. The molecule has 0 spiro atoms. The minimum absolute atomic E-state index is 0.00818. The van der Waals surface area contributed by atoms with Gasteiger partial charge in [0, 0.05) is 24.8 Å². The number of rotatable bonds is 6. The van der Waals surface area contributed by atoms with Crippen molar-refractivity contribution in [1.82, 2.24) is 5.32 Å². The first-order valence-electron chi connectivity index (χ1n) is 8.21. The van der Waals surface area contributed by atoms with Crippen LogP contribution in [0.4, 0.5) is 5.69 Å². The summed E-state index contributed by atoms with van der Waals surface area (Å²) in [6, 6.07) is 11.8. The van der Waals surface area contributed by atoms with Gasteiger partial charge < -0.3 is 14.8 Å². The molecular formula is C19H18N2O5. The summed E-state index contributed by atoms with van der Waals surface area (Å²) < 4.78 is 11.0. The summed E-state index contributed by atoms with van der Waals surface area (Å²) in [5, 5.41) is 13.5. The third kappa shape index (κ3) is 4.60. The zero-order chi connectivity index (χ0) is 18.4. The molecular weight excluding hydrogens is 336 g/mol. The number of ether oxygens (including phenoxy) is 2. The average Bonchev–Trinajstić information content (AvgIpc) is 2.66. The van der Waals surface area contributed by atoms with Crippen LogP contribution in [0.5, 0.6) is 11.5 Å². The molecule has 1 heterocycles. The van der Waals surface area contributed by atoms with Gasteiger partial charge in [-0.3, -0.25) is 14.9 Å². The van der Waals surface area contributed by atoms with E-state index in [1.54, 1.807) is 18.2 Å². The molecule has 1 amide bonds. The summed E-state index contributed by atoms with van der Waals surface area (Å²) in [6.45, 7) is 1.56. The highest BCUT2D eigenvalue weighted by Gasteiger charge is 2.11. The van der Waals surface area contributed by atoms with Gasteiger partial charge in [-0.05, 0) is 35.8 Å². The Kier molecular flexibility index (Phi) is 5.48. The van der Waals surface area contributed by atoms with Crippen molar-refractivity contribution >= 4 is 17.7 Å². The number of hydrogen-bond donors (Lipinski definition) is 1. The lowest BCUT2D eigenvalue weighted by molar-refractivity contribution is -0.384. The van der Waals surface area contributed by atoms with Crippen molar-refractivity contribution in [3.8, 4) is 11.5 Å². The number of nitro benzene ring substituents is 1. The van der Waals surface area contributed by atoms with Crippen molar-refractivity contribution in [3.63, 3.8) is 0 Å². The van der Waals surface area contributed by atoms with E-state index in [0.717, 1.165) is 17.1 Å². The van der Waals surface area contributed by atoms with E-state index in [1.807, 2.05) is 18.2 Å². The maximum atomic E-state index is 11.9. The van der Waals surface area contributed by atoms with E-state index in [-0.39, 0.29) is 11.6 Å². The number of non-ortho nitro benzene ring substituents is 1. The van der Waals surface area contributed by atoms with Gasteiger partial charge in [0.1, 0.15) is 13.2 Å². The van der Waals surface area contributed by atoms with Crippen molar-refractivity contribution in [3.05, 3.63) is 69.8 Å². The summed E-state index contributed by atoms with van der Waals surface area (Å²) in [5.74, 6) is 1.21. The molecule has 0 aromatic heterocycles. The molecule has 2 aromatic rings. The highest BCUT2D eigenvalue weighted by atomic mass is 16.6. The summed E-state index contributed by atoms with van der Waals surface area (Å²) in [7, 11) is 0. The molecule has 0 fully saturated rings. The van der Waals surface area contributed by atoms with Crippen molar-refractivity contribution in [2.75, 3.05) is 19.8 Å². The maximum Gasteiger partial charge on any atom is 0.270 e. The zero-order valence-electron chi connectivity index (χ0n) is 14.0. The van der Waals surface area contributed by atoms with E-state index in [1.165, 1.54) is 18.2 Å². The van der Waals surface area contributed by atoms with Crippen LogP contribution in [-0.2, 0) is 11.2 Å². The maximum absolute atomic E-state index is 11.9. The van der Waals surface area contributed by atoms with Crippen molar-refractivity contribution in [1.29, 1.82) is 0 Å². The van der Waals surface area contributed by atoms with Gasteiger partial charge in [0.05, 0.1) is 4.92 Å².